The highest BCUT2D eigenvalue weighted by Gasteiger charge is 2.22. The van der Waals surface area contributed by atoms with Crippen LogP contribution in [0.5, 0.6) is 17.2 Å². The number of methoxy groups -OCH3 is 2. The van der Waals surface area contributed by atoms with Crippen molar-refractivity contribution in [2.75, 3.05) is 14.2 Å². The van der Waals surface area contributed by atoms with Crippen molar-refractivity contribution in [3.05, 3.63) is 97.6 Å². The van der Waals surface area contributed by atoms with Crippen LogP contribution in [-0.4, -0.2) is 30.0 Å². The van der Waals surface area contributed by atoms with Crippen molar-refractivity contribution in [3.63, 3.8) is 0 Å². The third kappa shape index (κ3) is 5.77. The Morgan fingerprint density at radius 2 is 1.49 bits per heavy atom. The first-order chi connectivity index (χ1) is 16.7. The molecule has 0 aliphatic heterocycles. The summed E-state index contributed by atoms with van der Waals surface area (Å²) in [7, 11) is 2.88. The smallest absolute Gasteiger partial charge is 0.344 e. The number of carbonyl (C=O) groups excluding carboxylic acids is 1. The van der Waals surface area contributed by atoms with Gasteiger partial charge in [0.2, 0.25) is 0 Å². The number of hydrogen-bond acceptors (Lipinski definition) is 9. The van der Waals surface area contributed by atoms with Crippen molar-refractivity contribution in [1.82, 2.24) is 0 Å². The monoisotopic (exact) mass is 475 g/mol. The van der Waals surface area contributed by atoms with E-state index in [-0.39, 0.29) is 17.1 Å². The quantitative estimate of drug-likeness (QED) is 0.111. The Bertz CT molecular complexity index is 1340. The van der Waals surface area contributed by atoms with Crippen LogP contribution in [0.2, 0.25) is 0 Å². The van der Waals surface area contributed by atoms with Gasteiger partial charge in [0.15, 0.2) is 11.5 Å². The SMILES string of the molecule is COc1ccc(/C(C#N)=C\c2ccc(OC(=O)c3cc([N+](=O)[O-])cc([N+](=O)[O-])c3)c(OC)c2)cc1. The van der Waals surface area contributed by atoms with E-state index >= 15 is 0 Å². The van der Waals surface area contributed by atoms with Crippen LogP contribution in [0.25, 0.3) is 11.6 Å². The number of nitro groups is 2. The third-order valence-corrected chi connectivity index (χ3v) is 4.78. The van der Waals surface area contributed by atoms with Gasteiger partial charge >= 0.3 is 5.97 Å². The molecule has 3 aromatic carbocycles. The van der Waals surface area contributed by atoms with Gasteiger partial charge in [0.1, 0.15) is 5.75 Å². The molecule has 0 amide bonds. The Morgan fingerprint density at radius 3 is 2.00 bits per heavy atom. The minimum absolute atomic E-state index is 0.0215. The van der Waals surface area contributed by atoms with Crippen molar-refractivity contribution >= 4 is 29.0 Å². The van der Waals surface area contributed by atoms with Crippen LogP contribution in [0.1, 0.15) is 21.5 Å². The lowest BCUT2D eigenvalue weighted by molar-refractivity contribution is -0.394. The van der Waals surface area contributed by atoms with Gasteiger partial charge in [-0.25, -0.2) is 4.79 Å². The first-order valence-corrected chi connectivity index (χ1v) is 9.86. The number of allylic oxidation sites excluding steroid dienone is 1. The lowest BCUT2D eigenvalue weighted by Crippen LogP contribution is -2.10. The number of ether oxygens (including phenoxy) is 3. The summed E-state index contributed by atoms with van der Waals surface area (Å²) >= 11 is 0. The zero-order valence-electron chi connectivity index (χ0n) is 18.5. The molecule has 0 N–H and O–H groups in total. The fourth-order valence-electron chi connectivity index (χ4n) is 3.06. The van der Waals surface area contributed by atoms with Gasteiger partial charge in [0.05, 0.1) is 47.3 Å². The fourth-order valence-corrected chi connectivity index (χ4v) is 3.06. The molecular weight excluding hydrogens is 458 g/mol. The molecule has 0 unspecified atom stereocenters. The largest absolute Gasteiger partial charge is 0.497 e. The Morgan fingerprint density at radius 1 is 0.857 bits per heavy atom. The van der Waals surface area contributed by atoms with Crippen LogP contribution in [0.4, 0.5) is 11.4 Å². The highest BCUT2D eigenvalue weighted by atomic mass is 16.6. The number of nitriles is 1. The Hall–Kier alpha value is -5.24. The van der Waals surface area contributed by atoms with Crippen LogP contribution in [0.15, 0.2) is 60.7 Å². The Kier molecular flexibility index (Phi) is 7.38. The van der Waals surface area contributed by atoms with Gasteiger partial charge < -0.3 is 14.2 Å². The van der Waals surface area contributed by atoms with Crippen LogP contribution >= 0.6 is 0 Å². The van der Waals surface area contributed by atoms with Gasteiger partial charge in [-0.15, -0.1) is 0 Å². The summed E-state index contributed by atoms with van der Waals surface area (Å²) in [4.78, 5) is 33.0. The van der Waals surface area contributed by atoms with Gasteiger partial charge in [-0.1, -0.05) is 6.07 Å². The summed E-state index contributed by atoms with van der Waals surface area (Å²) in [6.07, 6.45) is 1.61. The van der Waals surface area contributed by atoms with Crippen LogP contribution in [0, 0.1) is 31.6 Å². The number of rotatable bonds is 8. The van der Waals surface area contributed by atoms with E-state index in [2.05, 4.69) is 6.07 Å². The van der Waals surface area contributed by atoms with Crippen molar-refractivity contribution in [2.45, 2.75) is 0 Å². The maximum atomic E-state index is 12.6. The van der Waals surface area contributed by atoms with E-state index in [4.69, 9.17) is 14.2 Å². The molecule has 35 heavy (non-hydrogen) atoms. The van der Waals surface area contributed by atoms with Crippen LogP contribution in [0.3, 0.4) is 0 Å². The summed E-state index contributed by atoms with van der Waals surface area (Å²) in [5.41, 5.74) is -0.0241. The molecule has 0 bridgehead atoms. The number of benzene rings is 3. The molecule has 0 heterocycles. The minimum atomic E-state index is -1.05. The van der Waals surface area contributed by atoms with Crippen molar-refractivity contribution < 1.29 is 28.9 Å². The highest BCUT2D eigenvalue weighted by molar-refractivity contribution is 5.93. The molecule has 0 atom stereocenters. The average molecular weight is 475 g/mol. The maximum absolute atomic E-state index is 12.6. The van der Waals surface area contributed by atoms with E-state index in [0.29, 0.717) is 22.4 Å². The van der Waals surface area contributed by atoms with E-state index in [1.54, 1.807) is 36.4 Å². The topological polar surface area (TPSA) is 155 Å². The van der Waals surface area contributed by atoms with Crippen molar-refractivity contribution in [2.24, 2.45) is 0 Å². The summed E-state index contributed by atoms with van der Waals surface area (Å²) in [5, 5.41) is 31.7. The van der Waals surface area contributed by atoms with Gasteiger partial charge in [-0.3, -0.25) is 20.2 Å². The summed E-state index contributed by atoms with van der Waals surface area (Å²) in [6.45, 7) is 0. The van der Waals surface area contributed by atoms with Gasteiger partial charge in [0, 0.05) is 12.1 Å². The van der Waals surface area contributed by atoms with E-state index in [1.807, 2.05) is 0 Å². The first-order valence-electron chi connectivity index (χ1n) is 9.86. The molecule has 0 aromatic heterocycles. The molecule has 0 saturated carbocycles. The standard InChI is InChI=1S/C24H17N3O8/c1-33-21-6-4-16(5-7-21)18(14-25)9-15-3-8-22(23(10-15)34-2)35-24(28)17-11-19(26(29)30)13-20(12-17)27(31)32/h3-13H,1-2H3/b18-9-. The van der Waals surface area contributed by atoms with Crippen LogP contribution < -0.4 is 14.2 Å². The minimum Gasteiger partial charge on any atom is -0.497 e. The molecule has 0 aliphatic carbocycles. The molecule has 11 heteroatoms. The second kappa shape index (κ2) is 10.6. The first kappa shape index (κ1) is 24.4. The number of hydrogen-bond donors (Lipinski definition) is 0. The van der Waals surface area contributed by atoms with E-state index in [1.165, 1.54) is 26.4 Å². The van der Waals surface area contributed by atoms with E-state index < -0.39 is 27.2 Å². The van der Waals surface area contributed by atoms with Crippen molar-refractivity contribution in [1.29, 1.82) is 5.26 Å². The molecule has 11 nitrogen and oxygen atoms in total. The molecule has 0 radical (unpaired) electrons. The predicted octanol–water partition coefficient (Wildman–Crippen LogP) is 4.80. The maximum Gasteiger partial charge on any atom is 0.344 e. The number of non-ortho nitro benzene ring substituents is 2. The molecule has 176 valence electrons. The molecule has 0 spiro atoms. The second-order valence-electron chi connectivity index (χ2n) is 6.95. The van der Waals surface area contributed by atoms with Gasteiger partial charge in [-0.05, 0) is 53.6 Å². The zero-order chi connectivity index (χ0) is 25.5. The molecule has 0 fully saturated rings. The summed E-state index contributed by atoms with van der Waals surface area (Å²) < 4.78 is 15.7. The third-order valence-electron chi connectivity index (χ3n) is 4.78. The predicted molar refractivity (Wildman–Crippen MR) is 124 cm³/mol. The molecular formula is C24H17N3O8. The Labute approximate surface area is 198 Å². The lowest BCUT2D eigenvalue weighted by Gasteiger charge is -2.10. The van der Waals surface area contributed by atoms with E-state index in [0.717, 1.165) is 18.2 Å². The molecule has 3 aromatic rings. The van der Waals surface area contributed by atoms with E-state index in [9.17, 15) is 30.3 Å². The number of carbonyl (C=O) groups is 1. The fraction of sp³-hybridized carbons (Fsp3) is 0.0833. The average Bonchev–Trinajstić information content (AvgIpc) is 2.87. The highest BCUT2D eigenvalue weighted by Crippen LogP contribution is 2.31. The zero-order valence-corrected chi connectivity index (χ0v) is 18.5. The normalized spacial score (nSPS) is 10.7. The molecule has 0 saturated heterocycles. The molecule has 0 aliphatic rings. The lowest BCUT2D eigenvalue weighted by atomic mass is 10.0. The van der Waals surface area contributed by atoms with Crippen LogP contribution in [-0.2, 0) is 0 Å². The summed E-state index contributed by atoms with van der Waals surface area (Å²) in [5.74, 6) is -0.284. The number of esters is 1. The number of nitro benzene ring substituents is 2. The second-order valence-corrected chi connectivity index (χ2v) is 6.95. The van der Waals surface area contributed by atoms with Gasteiger partial charge in [-0.2, -0.15) is 5.26 Å². The summed E-state index contributed by atoms with van der Waals surface area (Å²) in [6, 6.07) is 16.1. The number of nitrogens with zero attached hydrogens (tertiary/aromatic N) is 3. The van der Waals surface area contributed by atoms with Gasteiger partial charge in [0.25, 0.3) is 11.4 Å². The molecule has 3 rings (SSSR count). The Balaban J connectivity index is 1.90. The van der Waals surface area contributed by atoms with Crippen molar-refractivity contribution in [3.8, 4) is 23.3 Å².